The van der Waals surface area contributed by atoms with Crippen LogP contribution in [0.2, 0.25) is 10.0 Å². The van der Waals surface area contributed by atoms with Gasteiger partial charge in [-0.25, -0.2) is 18.5 Å². The number of phenolic OH excluding ortho intramolecular Hbond substituents is 1. The molecule has 2 saturated heterocycles. The second kappa shape index (κ2) is 12.2. The largest absolute Gasteiger partial charge is 0.508 e. The number of ether oxygens (including phenoxy) is 1. The predicted octanol–water partition coefficient (Wildman–Crippen LogP) is 5.18. The van der Waals surface area contributed by atoms with Crippen LogP contribution in [0.1, 0.15) is 66.0 Å². The van der Waals surface area contributed by atoms with E-state index in [0.717, 1.165) is 0 Å². The van der Waals surface area contributed by atoms with Crippen LogP contribution in [0.25, 0.3) is 0 Å². The highest BCUT2D eigenvalue weighted by atomic mass is 35.5. The number of piperazine rings is 1. The van der Waals surface area contributed by atoms with Crippen LogP contribution in [0.15, 0.2) is 12.1 Å². The average Bonchev–Trinajstić information content (AvgIpc) is 2.83. The summed E-state index contributed by atoms with van der Waals surface area (Å²) >= 11 is 12.4. The minimum absolute atomic E-state index is 0.0100. The van der Waals surface area contributed by atoms with Gasteiger partial charge in [0, 0.05) is 50.9 Å². The van der Waals surface area contributed by atoms with Crippen molar-refractivity contribution in [3.8, 4) is 5.75 Å². The summed E-state index contributed by atoms with van der Waals surface area (Å²) in [6, 6.07) is 2.55. The zero-order chi connectivity index (χ0) is 28.4. The molecule has 2 fully saturated rings. The molecule has 38 heavy (non-hydrogen) atoms. The first kappa shape index (κ1) is 30.8. The van der Waals surface area contributed by atoms with Crippen molar-refractivity contribution in [2.45, 2.75) is 70.8 Å². The van der Waals surface area contributed by atoms with Gasteiger partial charge < -0.3 is 24.5 Å². The van der Waals surface area contributed by atoms with Crippen molar-refractivity contribution in [1.82, 2.24) is 19.4 Å². The number of phenols is 1. The standard InChI is InChI=1S/C26H40Cl2N4O5S/c1-25(2,3)37-24(35)32-13-11-31(12-14-32)23(34)30-9-7-17(8-10-30)22(29-38(36)26(4,5)6)18-15-19(27)20(28)16-21(18)33/h15-17,22,29,33H,7-14H2,1-6H3. The Morgan fingerprint density at radius 3 is 1.97 bits per heavy atom. The highest BCUT2D eigenvalue weighted by Crippen LogP contribution is 2.40. The Balaban J connectivity index is 1.64. The number of benzene rings is 1. The maximum atomic E-state index is 13.2. The lowest BCUT2D eigenvalue weighted by atomic mass is 9.85. The monoisotopic (exact) mass is 590 g/mol. The van der Waals surface area contributed by atoms with Crippen LogP contribution in [0, 0.1) is 5.92 Å². The number of nitrogens with one attached hydrogen (secondary N) is 1. The fourth-order valence-corrected chi connectivity index (χ4v) is 5.77. The quantitative estimate of drug-likeness (QED) is 0.503. The minimum Gasteiger partial charge on any atom is -0.508 e. The van der Waals surface area contributed by atoms with Gasteiger partial charge in [0.2, 0.25) is 0 Å². The van der Waals surface area contributed by atoms with E-state index < -0.39 is 27.4 Å². The first-order valence-corrected chi connectivity index (χ1v) is 14.8. The third kappa shape index (κ3) is 7.90. The van der Waals surface area contributed by atoms with E-state index >= 15 is 0 Å². The molecule has 1 aromatic rings. The maximum Gasteiger partial charge on any atom is 0.410 e. The minimum atomic E-state index is -1.39. The number of halogens is 2. The Bertz CT molecular complexity index is 1040. The van der Waals surface area contributed by atoms with Crippen LogP contribution in [0.4, 0.5) is 9.59 Å². The van der Waals surface area contributed by atoms with Crippen LogP contribution in [-0.4, -0.2) is 85.8 Å². The molecule has 2 N–H and O–H groups in total. The van der Waals surface area contributed by atoms with E-state index in [4.69, 9.17) is 27.9 Å². The number of carbonyl (C=O) groups excluding carboxylic acids is 2. The molecule has 12 heteroatoms. The molecule has 2 aliphatic heterocycles. The van der Waals surface area contributed by atoms with Crippen LogP contribution in [-0.2, 0) is 15.7 Å². The van der Waals surface area contributed by atoms with Crippen molar-refractivity contribution in [2.75, 3.05) is 39.3 Å². The Morgan fingerprint density at radius 2 is 1.45 bits per heavy atom. The first-order chi connectivity index (χ1) is 17.6. The van der Waals surface area contributed by atoms with Crippen LogP contribution < -0.4 is 4.72 Å². The molecule has 0 spiro atoms. The molecule has 2 atom stereocenters. The lowest BCUT2D eigenvalue weighted by Gasteiger charge is -2.41. The fourth-order valence-electron chi connectivity index (χ4n) is 4.54. The van der Waals surface area contributed by atoms with Crippen molar-refractivity contribution < 1.29 is 23.6 Å². The molecule has 2 heterocycles. The number of rotatable bonds is 4. The van der Waals surface area contributed by atoms with Crippen molar-refractivity contribution >= 4 is 46.3 Å². The summed E-state index contributed by atoms with van der Waals surface area (Å²) in [7, 11) is -1.39. The number of hydrogen-bond acceptors (Lipinski definition) is 5. The Morgan fingerprint density at radius 1 is 0.947 bits per heavy atom. The van der Waals surface area contributed by atoms with E-state index in [9.17, 15) is 18.9 Å². The van der Waals surface area contributed by atoms with Crippen LogP contribution in [0.3, 0.4) is 0 Å². The summed E-state index contributed by atoms with van der Waals surface area (Å²) in [4.78, 5) is 30.8. The van der Waals surface area contributed by atoms with Crippen LogP contribution in [0.5, 0.6) is 5.75 Å². The zero-order valence-corrected chi connectivity index (χ0v) is 25.4. The second-order valence-corrected chi connectivity index (χ2v) is 14.7. The molecule has 0 radical (unpaired) electrons. The highest BCUT2D eigenvalue weighted by Gasteiger charge is 2.36. The number of amides is 3. The highest BCUT2D eigenvalue weighted by molar-refractivity contribution is 7.84. The van der Waals surface area contributed by atoms with Crippen molar-refractivity contribution in [2.24, 2.45) is 5.92 Å². The van der Waals surface area contributed by atoms with E-state index in [1.165, 1.54) is 6.07 Å². The SMILES string of the molecule is CC(C)(C)OC(=O)N1CCN(C(=O)N2CCC(C(NS(=O)C(C)(C)C)c3cc(Cl)c(Cl)cc3O)CC2)CC1. The molecular formula is C26H40Cl2N4O5S. The Kier molecular flexibility index (Phi) is 9.87. The topological polar surface area (TPSA) is 102 Å². The zero-order valence-electron chi connectivity index (χ0n) is 23.1. The van der Waals surface area contributed by atoms with Gasteiger partial charge in [0.15, 0.2) is 0 Å². The first-order valence-electron chi connectivity index (χ1n) is 12.9. The summed E-state index contributed by atoms with van der Waals surface area (Å²) in [6.07, 6.45) is 0.951. The lowest BCUT2D eigenvalue weighted by molar-refractivity contribution is 0.0152. The summed E-state index contributed by atoms with van der Waals surface area (Å²) < 4.78 is 21.2. The van der Waals surface area contributed by atoms with Gasteiger partial charge in [-0.1, -0.05) is 23.2 Å². The number of aromatic hydroxyl groups is 1. The number of urea groups is 1. The number of likely N-dealkylation sites (tertiary alicyclic amines) is 1. The molecular weight excluding hydrogens is 551 g/mol. The van der Waals surface area contributed by atoms with Crippen LogP contribution >= 0.6 is 23.2 Å². The van der Waals surface area contributed by atoms with Gasteiger partial charge in [-0.15, -0.1) is 0 Å². The summed E-state index contributed by atoms with van der Waals surface area (Å²) in [6.45, 7) is 13.9. The third-order valence-electron chi connectivity index (χ3n) is 6.68. The number of piperidine rings is 1. The number of hydrogen-bond donors (Lipinski definition) is 2. The van der Waals surface area contributed by atoms with Gasteiger partial charge in [-0.2, -0.15) is 0 Å². The van der Waals surface area contributed by atoms with E-state index in [1.54, 1.807) is 15.9 Å². The predicted molar refractivity (Wildman–Crippen MR) is 151 cm³/mol. The summed E-state index contributed by atoms with van der Waals surface area (Å²) in [5.41, 5.74) is -0.0191. The number of nitrogens with zero attached hydrogens (tertiary/aromatic N) is 3. The van der Waals surface area contributed by atoms with Crippen molar-refractivity contribution in [3.05, 3.63) is 27.7 Å². The van der Waals surface area contributed by atoms with E-state index in [1.807, 2.05) is 46.4 Å². The maximum absolute atomic E-state index is 13.2. The molecule has 3 amide bonds. The molecule has 0 saturated carbocycles. The normalized spacial score (nSPS) is 19.3. The smallest absolute Gasteiger partial charge is 0.410 e. The summed E-state index contributed by atoms with van der Waals surface area (Å²) in [5.74, 6) is 0.00156. The van der Waals surface area contributed by atoms with Gasteiger partial charge in [-0.05, 0) is 66.4 Å². The van der Waals surface area contributed by atoms with Crippen molar-refractivity contribution in [1.29, 1.82) is 0 Å². The number of carbonyl (C=O) groups is 2. The molecule has 0 aliphatic carbocycles. The van der Waals surface area contributed by atoms with Gasteiger partial charge in [0.25, 0.3) is 0 Å². The van der Waals surface area contributed by atoms with E-state index in [2.05, 4.69) is 4.72 Å². The summed E-state index contributed by atoms with van der Waals surface area (Å²) in [5, 5.41) is 11.2. The Hall–Kier alpha value is -1.75. The van der Waals surface area contributed by atoms with E-state index in [0.29, 0.717) is 62.7 Å². The average molecular weight is 592 g/mol. The lowest BCUT2D eigenvalue weighted by Crippen LogP contribution is -2.55. The van der Waals surface area contributed by atoms with Gasteiger partial charge in [0.1, 0.15) is 11.4 Å². The molecule has 9 nitrogen and oxygen atoms in total. The van der Waals surface area contributed by atoms with Gasteiger partial charge in [0.05, 0.1) is 31.8 Å². The fraction of sp³-hybridized carbons (Fsp3) is 0.692. The molecule has 214 valence electrons. The molecule has 0 aromatic heterocycles. The molecule has 1 aromatic carbocycles. The molecule has 3 rings (SSSR count). The van der Waals surface area contributed by atoms with E-state index in [-0.39, 0.29) is 28.8 Å². The molecule has 2 unspecified atom stereocenters. The van der Waals surface area contributed by atoms with Crippen molar-refractivity contribution in [3.63, 3.8) is 0 Å². The third-order valence-corrected chi connectivity index (χ3v) is 8.98. The van der Waals surface area contributed by atoms with Gasteiger partial charge >= 0.3 is 12.1 Å². The second-order valence-electron chi connectivity index (χ2n) is 11.9. The van der Waals surface area contributed by atoms with Gasteiger partial charge in [-0.3, -0.25) is 0 Å². The Labute approximate surface area is 238 Å². The molecule has 0 bridgehead atoms. The molecule has 2 aliphatic rings.